The van der Waals surface area contributed by atoms with Crippen molar-refractivity contribution in [3.8, 4) is 0 Å². The molecule has 1 aromatic heterocycles. The average molecular weight is 440 g/mol. The van der Waals surface area contributed by atoms with E-state index in [4.69, 9.17) is 4.74 Å². The van der Waals surface area contributed by atoms with Crippen LogP contribution in [0.25, 0.3) is 10.9 Å². The number of carbonyl (C=O) groups is 1. The lowest BCUT2D eigenvalue weighted by molar-refractivity contribution is -0.135. The van der Waals surface area contributed by atoms with Gasteiger partial charge in [0.05, 0.1) is 30.3 Å². The molecule has 0 aliphatic carbocycles. The molecule has 2 heterocycles. The summed E-state index contributed by atoms with van der Waals surface area (Å²) in [6, 6.07) is 26.6. The van der Waals surface area contributed by atoms with Gasteiger partial charge in [0.15, 0.2) is 0 Å². The number of amides is 1. The van der Waals surface area contributed by atoms with E-state index in [0.717, 1.165) is 28.5 Å². The van der Waals surface area contributed by atoms with E-state index in [-0.39, 0.29) is 11.8 Å². The van der Waals surface area contributed by atoms with E-state index in [1.54, 1.807) is 0 Å². The fraction of sp³-hybridized carbons (Fsp3) is 0.286. The Hall–Kier alpha value is -3.44. The molecule has 1 aliphatic heterocycles. The molecule has 1 fully saturated rings. The predicted molar refractivity (Wildman–Crippen MR) is 130 cm³/mol. The summed E-state index contributed by atoms with van der Waals surface area (Å²) in [6.07, 6.45) is 2.71. The molecule has 0 spiro atoms. The van der Waals surface area contributed by atoms with Crippen LogP contribution in [0.3, 0.4) is 0 Å². The zero-order valence-corrected chi connectivity index (χ0v) is 18.9. The molecule has 0 saturated carbocycles. The molecule has 1 atom stereocenters. The third kappa shape index (κ3) is 4.29. The van der Waals surface area contributed by atoms with Gasteiger partial charge in [0, 0.05) is 24.4 Å². The Morgan fingerprint density at radius 1 is 1.06 bits per heavy atom. The Kier molecular flexibility index (Phi) is 5.97. The van der Waals surface area contributed by atoms with Crippen LogP contribution in [0.1, 0.15) is 23.6 Å². The molecule has 1 aliphatic rings. The first kappa shape index (κ1) is 21.4. The van der Waals surface area contributed by atoms with Gasteiger partial charge < -0.3 is 9.64 Å². The van der Waals surface area contributed by atoms with Gasteiger partial charge in [0.2, 0.25) is 5.91 Å². The Morgan fingerprint density at radius 3 is 2.45 bits per heavy atom. The maximum Gasteiger partial charge on any atom is 0.237 e. The lowest BCUT2D eigenvalue weighted by Gasteiger charge is -2.36. The van der Waals surface area contributed by atoms with Crippen LogP contribution in [0.5, 0.6) is 0 Å². The lowest BCUT2D eigenvalue weighted by atomic mass is 9.75. The highest BCUT2D eigenvalue weighted by Crippen LogP contribution is 2.34. The number of fused-ring (bicyclic) bond motifs is 1. The fourth-order valence-corrected chi connectivity index (χ4v) is 4.91. The molecule has 168 valence electrons. The molecule has 4 aromatic rings. The number of carbonyl (C=O) groups excluding carboxylic acids is 1. The zero-order chi connectivity index (χ0) is 22.7. The van der Waals surface area contributed by atoms with Crippen LogP contribution in [0.4, 0.5) is 0 Å². The third-order valence-electron chi connectivity index (χ3n) is 6.78. The van der Waals surface area contributed by atoms with Gasteiger partial charge in [0.1, 0.15) is 0 Å². The smallest absolute Gasteiger partial charge is 0.237 e. The van der Waals surface area contributed by atoms with Crippen molar-refractivity contribution in [3.63, 3.8) is 0 Å². The summed E-state index contributed by atoms with van der Waals surface area (Å²) < 4.78 is 5.94. The summed E-state index contributed by atoms with van der Waals surface area (Å²) >= 11 is 0. The molecule has 5 heteroatoms. The van der Waals surface area contributed by atoms with Crippen molar-refractivity contribution in [2.24, 2.45) is 5.92 Å². The summed E-state index contributed by atoms with van der Waals surface area (Å²) in [5.41, 5.74) is 3.53. The van der Waals surface area contributed by atoms with Crippen molar-refractivity contribution >= 4 is 16.8 Å². The molecule has 5 nitrogen and oxygen atoms in total. The van der Waals surface area contributed by atoms with Crippen molar-refractivity contribution in [2.75, 3.05) is 26.3 Å². The minimum atomic E-state index is -0.757. The van der Waals surface area contributed by atoms with Crippen molar-refractivity contribution < 1.29 is 9.53 Å². The normalized spacial score (nSPS) is 17.1. The number of H-pyrrole nitrogens is 1. The van der Waals surface area contributed by atoms with Gasteiger partial charge in [-0.25, -0.2) is 0 Å². The van der Waals surface area contributed by atoms with Gasteiger partial charge >= 0.3 is 0 Å². The molecule has 3 aromatic carbocycles. The van der Waals surface area contributed by atoms with Crippen molar-refractivity contribution in [1.29, 1.82) is 0 Å². The monoisotopic (exact) mass is 439 g/mol. The number of hydrogen-bond donors (Lipinski definition) is 1. The summed E-state index contributed by atoms with van der Waals surface area (Å²) in [4.78, 5) is 16.2. The number of aromatic nitrogens is 2. The molecule has 33 heavy (non-hydrogen) atoms. The van der Waals surface area contributed by atoms with Gasteiger partial charge in [-0.15, -0.1) is 0 Å². The summed E-state index contributed by atoms with van der Waals surface area (Å²) in [5.74, 6) is 0.359. The van der Waals surface area contributed by atoms with E-state index < -0.39 is 5.41 Å². The van der Waals surface area contributed by atoms with E-state index in [2.05, 4.69) is 52.7 Å². The Labute approximate surface area is 194 Å². The fourth-order valence-electron chi connectivity index (χ4n) is 4.91. The van der Waals surface area contributed by atoms with E-state index in [0.29, 0.717) is 26.3 Å². The Morgan fingerprint density at radius 2 is 1.76 bits per heavy atom. The van der Waals surface area contributed by atoms with Crippen LogP contribution < -0.4 is 0 Å². The Bertz CT molecular complexity index is 1180. The lowest BCUT2D eigenvalue weighted by Crippen LogP contribution is -2.48. The van der Waals surface area contributed by atoms with Crippen molar-refractivity contribution in [3.05, 3.63) is 102 Å². The van der Waals surface area contributed by atoms with Crippen LogP contribution in [0.15, 0.2) is 85.1 Å². The van der Waals surface area contributed by atoms with Crippen LogP contribution >= 0.6 is 0 Å². The molecule has 1 saturated heterocycles. The minimum absolute atomic E-state index is 0.126. The van der Waals surface area contributed by atoms with E-state index in [9.17, 15) is 4.79 Å². The van der Waals surface area contributed by atoms with E-state index in [1.165, 1.54) is 5.56 Å². The van der Waals surface area contributed by atoms with Gasteiger partial charge in [-0.3, -0.25) is 9.89 Å². The number of hydrogen-bond acceptors (Lipinski definition) is 3. The first-order chi connectivity index (χ1) is 16.1. The van der Waals surface area contributed by atoms with Gasteiger partial charge in [-0.2, -0.15) is 5.10 Å². The van der Waals surface area contributed by atoms with Crippen LogP contribution in [0.2, 0.25) is 0 Å². The first-order valence-electron chi connectivity index (χ1n) is 11.5. The summed E-state index contributed by atoms with van der Waals surface area (Å²) in [6.45, 7) is 4.54. The first-order valence-corrected chi connectivity index (χ1v) is 11.5. The molecular formula is C28H29N3O2. The minimum Gasteiger partial charge on any atom is -0.379 e. The van der Waals surface area contributed by atoms with Crippen molar-refractivity contribution in [2.45, 2.75) is 18.8 Å². The molecule has 0 radical (unpaired) electrons. The van der Waals surface area contributed by atoms with Crippen LogP contribution in [0, 0.1) is 5.92 Å². The standard InChI is InChI=1S/C28H29N3O2/c1-28(24-8-4-2-5-9-24,25-10-6-3-7-11-25)27(32)31-14-15-33-20-22(19-31)16-21-12-13-26-23(17-21)18-29-30-26/h2-13,17-18,22H,14-16,19-20H2,1H3,(H,29,30)/t22-/m0/s1. The maximum atomic E-state index is 14.2. The molecule has 0 bridgehead atoms. The highest BCUT2D eigenvalue weighted by molar-refractivity contribution is 5.91. The molecule has 0 unspecified atom stereocenters. The van der Waals surface area contributed by atoms with Gasteiger partial charge in [-0.1, -0.05) is 66.7 Å². The van der Waals surface area contributed by atoms with Crippen molar-refractivity contribution in [1.82, 2.24) is 15.1 Å². The van der Waals surface area contributed by atoms with Gasteiger partial charge in [0.25, 0.3) is 0 Å². The third-order valence-corrected chi connectivity index (χ3v) is 6.78. The second-order valence-corrected chi connectivity index (χ2v) is 9.04. The predicted octanol–water partition coefficient (Wildman–Crippen LogP) is 4.59. The number of aromatic amines is 1. The number of rotatable bonds is 5. The molecule has 1 N–H and O–H groups in total. The molecular weight excluding hydrogens is 410 g/mol. The topological polar surface area (TPSA) is 58.2 Å². The van der Waals surface area contributed by atoms with Crippen LogP contribution in [-0.2, 0) is 21.4 Å². The summed E-state index contributed by atoms with van der Waals surface area (Å²) in [5, 5.41) is 8.23. The molecule has 1 amide bonds. The van der Waals surface area contributed by atoms with Gasteiger partial charge in [-0.05, 0) is 42.2 Å². The second-order valence-electron chi connectivity index (χ2n) is 9.04. The van der Waals surface area contributed by atoms with E-state index >= 15 is 0 Å². The average Bonchev–Trinajstić information content (AvgIpc) is 3.21. The SMILES string of the molecule is CC(C(=O)N1CCOC[C@@H](Cc2ccc3[nH]ncc3c2)C1)(c1ccccc1)c1ccccc1. The van der Waals surface area contributed by atoms with Crippen LogP contribution in [-0.4, -0.2) is 47.3 Å². The largest absolute Gasteiger partial charge is 0.379 e. The zero-order valence-electron chi connectivity index (χ0n) is 18.9. The molecule has 5 rings (SSSR count). The quantitative estimate of drug-likeness (QED) is 0.495. The highest BCUT2D eigenvalue weighted by atomic mass is 16.5. The number of nitrogens with one attached hydrogen (secondary N) is 1. The number of benzene rings is 3. The summed E-state index contributed by atoms with van der Waals surface area (Å²) in [7, 11) is 0. The number of nitrogens with zero attached hydrogens (tertiary/aromatic N) is 2. The second kappa shape index (κ2) is 9.20. The maximum absolute atomic E-state index is 14.2. The highest BCUT2D eigenvalue weighted by Gasteiger charge is 2.40. The Balaban J connectivity index is 1.42. The van der Waals surface area contributed by atoms with E-state index in [1.807, 2.05) is 54.4 Å². The number of ether oxygens (including phenoxy) is 1.